The Bertz CT molecular complexity index is 671. The van der Waals surface area contributed by atoms with Crippen molar-refractivity contribution in [1.29, 1.82) is 0 Å². The summed E-state index contributed by atoms with van der Waals surface area (Å²) in [4.78, 5) is 12.0. The van der Waals surface area contributed by atoms with E-state index in [2.05, 4.69) is 6.07 Å². The van der Waals surface area contributed by atoms with Crippen LogP contribution in [0, 0.1) is 0 Å². The second-order valence-electron chi connectivity index (χ2n) is 5.64. The summed E-state index contributed by atoms with van der Waals surface area (Å²) < 4.78 is 6.74. The number of hydrogen-bond acceptors (Lipinski definition) is 3. The van der Waals surface area contributed by atoms with Gasteiger partial charge in [-0.3, -0.25) is 0 Å². The molecule has 2 aromatic carbocycles. The summed E-state index contributed by atoms with van der Waals surface area (Å²) in [5.41, 5.74) is 2.04. The van der Waals surface area contributed by atoms with Crippen LogP contribution in [-0.2, 0) is 9.53 Å². The molecular formula is C19H20O3Se. The Hall–Kier alpha value is -1.61. The molecule has 3 rings (SSSR count). The molecule has 1 aliphatic heterocycles. The van der Waals surface area contributed by atoms with Crippen LogP contribution in [-0.4, -0.2) is 26.0 Å². The number of benzene rings is 2. The Morgan fingerprint density at radius 3 is 2.61 bits per heavy atom. The van der Waals surface area contributed by atoms with Gasteiger partial charge in [-0.05, 0) is 0 Å². The first-order valence-electron chi connectivity index (χ1n) is 7.87. The number of aliphatic hydroxyl groups excluding tert-OH is 1. The predicted octanol–water partition coefficient (Wildman–Crippen LogP) is 2.94. The molecule has 4 heteroatoms. The molecule has 0 radical (unpaired) electrons. The fourth-order valence-corrected chi connectivity index (χ4v) is 5.71. The summed E-state index contributed by atoms with van der Waals surface area (Å²) in [6.07, 6.45) is 0.530. The van der Waals surface area contributed by atoms with Crippen molar-refractivity contribution in [2.75, 3.05) is 0 Å². The molecule has 0 aromatic heterocycles. The van der Waals surface area contributed by atoms with Gasteiger partial charge in [-0.1, -0.05) is 0 Å². The molecule has 3 atom stereocenters. The summed E-state index contributed by atoms with van der Waals surface area (Å²) >= 11 is 0.0689. The number of carbonyl (C=O) groups excluding carboxylic acids is 1. The van der Waals surface area contributed by atoms with Crippen LogP contribution < -0.4 is 4.46 Å². The van der Waals surface area contributed by atoms with Crippen LogP contribution in [0.2, 0.25) is 4.82 Å². The number of carbonyl (C=O) groups is 1. The van der Waals surface area contributed by atoms with Crippen LogP contribution in [0.25, 0.3) is 0 Å². The Morgan fingerprint density at radius 2 is 1.87 bits per heavy atom. The second-order valence-corrected chi connectivity index (χ2v) is 8.33. The van der Waals surface area contributed by atoms with E-state index < -0.39 is 6.10 Å². The number of aliphatic hydroxyl groups is 1. The Kier molecular flexibility index (Phi) is 5.16. The Balaban J connectivity index is 1.85. The molecule has 1 fully saturated rings. The number of esters is 1. The van der Waals surface area contributed by atoms with Gasteiger partial charge in [0.2, 0.25) is 0 Å². The van der Waals surface area contributed by atoms with E-state index in [0.717, 1.165) is 11.1 Å². The molecule has 1 heterocycles. The van der Waals surface area contributed by atoms with Gasteiger partial charge in [-0.15, -0.1) is 0 Å². The third kappa shape index (κ3) is 3.66. The van der Waals surface area contributed by atoms with Gasteiger partial charge < -0.3 is 0 Å². The molecule has 0 aliphatic carbocycles. The van der Waals surface area contributed by atoms with Crippen molar-refractivity contribution in [2.45, 2.75) is 36.8 Å². The SMILES string of the molecule is CC[C@H](O)c1ccccc1[Se][C@H]1CC(=O)O[C@H]1c1ccccc1. The number of rotatable bonds is 5. The van der Waals surface area contributed by atoms with Gasteiger partial charge in [0.1, 0.15) is 0 Å². The van der Waals surface area contributed by atoms with Gasteiger partial charge in [0.05, 0.1) is 0 Å². The minimum atomic E-state index is -0.443. The summed E-state index contributed by atoms with van der Waals surface area (Å²) in [5, 5.41) is 10.2. The van der Waals surface area contributed by atoms with E-state index in [0.29, 0.717) is 12.8 Å². The van der Waals surface area contributed by atoms with Crippen LogP contribution in [0.1, 0.15) is 43.1 Å². The molecule has 0 amide bonds. The van der Waals surface area contributed by atoms with Crippen LogP contribution in [0.4, 0.5) is 0 Å². The Labute approximate surface area is 142 Å². The summed E-state index contributed by atoms with van der Waals surface area (Å²) in [6.45, 7) is 1.98. The van der Waals surface area contributed by atoms with E-state index in [1.807, 2.05) is 55.5 Å². The van der Waals surface area contributed by atoms with E-state index in [9.17, 15) is 9.90 Å². The zero-order chi connectivity index (χ0) is 16.2. The molecule has 0 unspecified atom stereocenters. The third-order valence-corrected chi connectivity index (χ3v) is 6.85. The van der Waals surface area contributed by atoms with E-state index in [-0.39, 0.29) is 31.8 Å². The van der Waals surface area contributed by atoms with Gasteiger partial charge >= 0.3 is 143 Å². The summed E-state index contributed by atoms with van der Waals surface area (Å²) in [7, 11) is 0. The van der Waals surface area contributed by atoms with Gasteiger partial charge in [-0.25, -0.2) is 0 Å². The predicted molar refractivity (Wildman–Crippen MR) is 90.7 cm³/mol. The number of ether oxygens (including phenoxy) is 1. The molecule has 2 aromatic rings. The van der Waals surface area contributed by atoms with Gasteiger partial charge in [0.25, 0.3) is 0 Å². The van der Waals surface area contributed by atoms with Gasteiger partial charge in [0, 0.05) is 0 Å². The second kappa shape index (κ2) is 7.31. The van der Waals surface area contributed by atoms with E-state index in [1.54, 1.807) is 0 Å². The monoisotopic (exact) mass is 376 g/mol. The van der Waals surface area contributed by atoms with Crippen molar-refractivity contribution in [3.05, 3.63) is 65.7 Å². The van der Waals surface area contributed by atoms with E-state index >= 15 is 0 Å². The van der Waals surface area contributed by atoms with E-state index in [1.165, 1.54) is 4.46 Å². The third-order valence-electron chi connectivity index (χ3n) is 4.04. The maximum absolute atomic E-state index is 11.8. The van der Waals surface area contributed by atoms with Gasteiger partial charge in [0.15, 0.2) is 0 Å². The van der Waals surface area contributed by atoms with Crippen molar-refractivity contribution in [2.24, 2.45) is 0 Å². The van der Waals surface area contributed by atoms with Gasteiger partial charge in [-0.2, -0.15) is 0 Å². The molecule has 0 bridgehead atoms. The normalized spacial score (nSPS) is 21.9. The molecule has 23 heavy (non-hydrogen) atoms. The molecule has 0 spiro atoms. The number of cyclic esters (lactones) is 1. The average molecular weight is 375 g/mol. The van der Waals surface area contributed by atoms with Crippen LogP contribution in [0.15, 0.2) is 54.6 Å². The summed E-state index contributed by atoms with van der Waals surface area (Å²) in [5.74, 6) is -0.126. The molecule has 1 aliphatic rings. The molecule has 1 saturated heterocycles. The molecule has 1 N–H and O–H groups in total. The zero-order valence-corrected chi connectivity index (χ0v) is 14.7. The van der Waals surface area contributed by atoms with Crippen LogP contribution >= 0.6 is 0 Å². The van der Waals surface area contributed by atoms with Crippen molar-refractivity contribution < 1.29 is 14.6 Å². The van der Waals surface area contributed by atoms with E-state index in [4.69, 9.17) is 4.74 Å². The molecule has 3 nitrogen and oxygen atoms in total. The summed E-state index contributed by atoms with van der Waals surface area (Å²) in [6, 6.07) is 17.9. The zero-order valence-electron chi connectivity index (χ0n) is 13.0. The fraction of sp³-hybridized carbons (Fsp3) is 0.316. The maximum atomic E-state index is 11.8. The topological polar surface area (TPSA) is 46.5 Å². The Morgan fingerprint density at radius 1 is 1.17 bits per heavy atom. The fourth-order valence-electron chi connectivity index (χ4n) is 2.81. The molecular weight excluding hydrogens is 355 g/mol. The first-order chi connectivity index (χ1) is 11.2. The van der Waals surface area contributed by atoms with Crippen molar-refractivity contribution >= 4 is 25.4 Å². The van der Waals surface area contributed by atoms with Crippen LogP contribution in [0.5, 0.6) is 0 Å². The molecule has 0 saturated carbocycles. The van der Waals surface area contributed by atoms with Crippen molar-refractivity contribution in [3.63, 3.8) is 0 Å². The van der Waals surface area contributed by atoms with Crippen molar-refractivity contribution in [3.8, 4) is 0 Å². The average Bonchev–Trinajstić information content (AvgIpc) is 2.96. The first kappa shape index (κ1) is 16.3. The molecule has 120 valence electrons. The quantitative estimate of drug-likeness (QED) is 0.646. The van der Waals surface area contributed by atoms with Crippen molar-refractivity contribution in [1.82, 2.24) is 0 Å². The number of hydrogen-bond donors (Lipinski definition) is 1. The standard InChI is InChI=1S/C19H20O3Se/c1-2-15(20)14-10-6-7-11-16(14)23-17-12-18(21)22-19(17)13-8-4-3-5-9-13/h3-11,15,17,19-20H,2,12H2,1H3/t15-,17-,19-/m0/s1. The minimum absolute atomic E-state index is 0.0689. The first-order valence-corrected chi connectivity index (χ1v) is 9.71. The van der Waals surface area contributed by atoms with Crippen LogP contribution in [0.3, 0.4) is 0 Å².